The van der Waals surface area contributed by atoms with Crippen LogP contribution in [0, 0.1) is 0 Å². The molecule has 2 aliphatic rings. The molecule has 2 fully saturated rings. The number of hydrogen-bond acceptors (Lipinski definition) is 7. The van der Waals surface area contributed by atoms with E-state index in [4.69, 9.17) is 9.78 Å². The van der Waals surface area contributed by atoms with Crippen molar-refractivity contribution in [3.05, 3.63) is 77.9 Å². The van der Waals surface area contributed by atoms with Crippen molar-refractivity contribution >= 4 is 12.0 Å². The van der Waals surface area contributed by atoms with Crippen LogP contribution in [0.1, 0.15) is 24.0 Å². The molecule has 2 aromatic carbocycles. The zero-order valence-electron chi connectivity index (χ0n) is 15.6. The van der Waals surface area contributed by atoms with Gasteiger partial charge in [-0.25, -0.2) is 14.6 Å². The normalized spacial score (nSPS) is 24.5. The number of aliphatic carboxylic acids is 1. The van der Waals surface area contributed by atoms with Gasteiger partial charge in [-0.2, -0.15) is 9.78 Å². The molecule has 2 unspecified atom stereocenters. The molecule has 2 saturated heterocycles. The molecule has 2 aromatic rings. The van der Waals surface area contributed by atoms with Crippen LogP contribution in [0.3, 0.4) is 0 Å². The molecule has 29 heavy (non-hydrogen) atoms. The zero-order valence-corrected chi connectivity index (χ0v) is 15.6. The average Bonchev–Trinajstić information content (AvgIpc) is 2.80. The van der Waals surface area contributed by atoms with Crippen LogP contribution in [0.2, 0.25) is 0 Å². The zero-order chi connectivity index (χ0) is 20.4. The lowest BCUT2D eigenvalue weighted by Gasteiger charge is -2.30. The Morgan fingerprint density at radius 3 is 2.24 bits per heavy atom. The Balaban J connectivity index is 0.000000166. The molecule has 0 saturated carbocycles. The number of rotatable bonds is 4. The van der Waals surface area contributed by atoms with Crippen molar-refractivity contribution < 1.29 is 39.5 Å². The highest BCUT2D eigenvalue weighted by atomic mass is 17.5. The van der Waals surface area contributed by atoms with E-state index in [-0.39, 0.29) is 19.1 Å². The molecule has 8 nitrogen and oxygen atoms in total. The molecular formula is C21H22O8. The maximum absolute atomic E-state index is 11.2. The maximum atomic E-state index is 11.2. The largest absolute Gasteiger partial charge is 0.479 e. The van der Waals surface area contributed by atoms with Crippen molar-refractivity contribution in [3.8, 4) is 0 Å². The Morgan fingerprint density at radius 2 is 1.66 bits per heavy atom. The minimum Gasteiger partial charge on any atom is -0.479 e. The highest BCUT2D eigenvalue weighted by molar-refractivity contribution is 5.79. The quantitative estimate of drug-likeness (QED) is 0.776. The number of carboxylic acid groups (broad SMARTS) is 1. The molecule has 0 spiro atoms. The van der Waals surface area contributed by atoms with Gasteiger partial charge in [0.05, 0.1) is 13.2 Å². The van der Waals surface area contributed by atoms with E-state index >= 15 is 0 Å². The number of hydrogen-bond donors (Lipinski definition) is 1. The lowest BCUT2D eigenvalue weighted by atomic mass is 9.91. The van der Waals surface area contributed by atoms with Crippen molar-refractivity contribution in [3.63, 3.8) is 0 Å². The second-order valence-electron chi connectivity index (χ2n) is 6.30. The third kappa shape index (κ3) is 5.94. The lowest BCUT2D eigenvalue weighted by Crippen LogP contribution is -2.42. The molecule has 8 heteroatoms. The summed E-state index contributed by atoms with van der Waals surface area (Å²) in [5.41, 5.74) is 0.239. The molecule has 2 atom stereocenters. The Bertz CT molecular complexity index is 766. The van der Waals surface area contributed by atoms with E-state index in [1.165, 1.54) is 0 Å². The smallest absolute Gasteiger partial charge is 0.344 e. The molecule has 0 aliphatic carbocycles. The van der Waals surface area contributed by atoms with Crippen LogP contribution in [-0.2, 0) is 40.0 Å². The van der Waals surface area contributed by atoms with E-state index < -0.39 is 11.6 Å². The van der Waals surface area contributed by atoms with Crippen molar-refractivity contribution in [2.75, 3.05) is 13.2 Å². The van der Waals surface area contributed by atoms with E-state index in [2.05, 4.69) is 19.9 Å². The minimum atomic E-state index is -1.46. The summed E-state index contributed by atoms with van der Waals surface area (Å²) in [5.74, 6) is -1.09. The van der Waals surface area contributed by atoms with E-state index in [9.17, 15) is 9.90 Å². The van der Waals surface area contributed by atoms with Gasteiger partial charge < -0.3 is 5.11 Å². The predicted octanol–water partition coefficient (Wildman–Crippen LogP) is 3.60. The second kappa shape index (κ2) is 10.8. The van der Waals surface area contributed by atoms with Crippen LogP contribution in [0.4, 0.5) is 0 Å². The molecule has 154 valence electrons. The van der Waals surface area contributed by atoms with Gasteiger partial charge in [-0.1, -0.05) is 82.9 Å². The summed E-state index contributed by atoms with van der Waals surface area (Å²) in [6.07, 6.45) is 5.01. The van der Waals surface area contributed by atoms with Crippen molar-refractivity contribution in [1.82, 2.24) is 0 Å². The summed E-state index contributed by atoms with van der Waals surface area (Å²) in [6.45, 7) is 0.755. The first-order valence-electron chi connectivity index (χ1n) is 9.15. The van der Waals surface area contributed by atoms with Gasteiger partial charge in [0.2, 0.25) is 5.60 Å². The molecule has 0 bridgehead atoms. The summed E-state index contributed by atoms with van der Waals surface area (Å²) in [5, 5.41) is 17.9. The van der Waals surface area contributed by atoms with Crippen molar-refractivity contribution in [2.24, 2.45) is 0 Å². The first-order chi connectivity index (χ1) is 14.2. The fourth-order valence-corrected chi connectivity index (χ4v) is 2.74. The molecule has 1 N–H and O–H groups in total. The molecular weight excluding hydrogens is 380 g/mol. The number of carboxylic acids is 1. The van der Waals surface area contributed by atoms with Crippen LogP contribution in [0.15, 0.2) is 66.7 Å². The molecule has 0 aromatic heterocycles. The first-order valence-corrected chi connectivity index (χ1v) is 9.15. The summed E-state index contributed by atoms with van der Waals surface area (Å²) in [6, 6.07) is 18.7. The fraction of sp³-hybridized carbons (Fsp3) is 0.286. The van der Waals surface area contributed by atoms with E-state index in [0.29, 0.717) is 12.2 Å². The molecule has 0 amide bonds. The van der Waals surface area contributed by atoms with Crippen LogP contribution >= 0.6 is 0 Å². The Morgan fingerprint density at radius 1 is 0.966 bits per heavy atom. The second-order valence-corrected chi connectivity index (χ2v) is 6.30. The van der Waals surface area contributed by atoms with Gasteiger partial charge in [0.1, 0.15) is 6.10 Å². The Labute approximate surface area is 167 Å². The fourth-order valence-electron chi connectivity index (χ4n) is 2.74. The summed E-state index contributed by atoms with van der Waals surface area (Å²) < 4.78 is 0. The average molecular weight is 402 g/mol. The highest BCUT2D eigenvalue weighted by Crippen LogP contribution is 2.33. The highest BCUT2D eigenvalue weighted by Gasteiger charge is 2.45. The van der Waals surface area contributed by atoms with Crippen molar-refractivity contribution in [1.29, 1.82) is 0 Å². The summed E-state index contributed by atoms with van der Waals surface area (Å²) >= 11 is 0. The van der Waals surface area contributed by atoms with Crippen LogP contribution < -0.4 is 0 Å². The van der Waals surface area contributed by atoms with Gasteiger partial charge in [-0.3, -0.25) is 0 Å². The van der Waals surface area contributed by atoms with Gasteiger partial charge in [-0.15, -0.1) is 0 Å². The van der Waals surface area contributed by atoms with Gasteiger partial charge >= 0.3 is 5.97 Å². The van der Waals surface area contributed by atoms with Gasteiger partial charge in [0.15, 0.2) is 0 Å². The topological polar surface area (TPSA) is 92.7 Å². The third-order valence-electron chi connectivity index (χ3n) is 4.35. The van der Waals surface area contributed by atoms with E-state index in [0.717, 1.165) is 12.0 Å². The van der Waals surface area contributed by atoms with Gasteiger partial charge in [0, 0.05) is 12.8 Å². The van der Waals surface area contributed by atoms with Crippen molar-refractivity contribution in [2.45, 2.75) is 24.5 Å². The Hall–Kier alpha value is -2.59. The third-order valence-corrected chi connectivity index (χ3v) is 4.35. The lowest BCUT2D eigenvalue weighted by molar-refractivity contribution is -0.566. The van der Waals surface area contributed by atoms with E-state index in [1.807, 2.05) is 42.5 Å². The SMILES string of the molecule is C(=CC1CCOOO1)c1ccccc1.O=C(O)C1(c2ccccc2)CCOOO1. The summed E-state index contributed by atoms with van der Waals surface area (Å²) in [7, 11) is 0. The Kier molecular flexibility index (Phi) is 7.88. The number of benzene rings is 2. The maximum Gasteiger partial charge on any atom is 0.344 e. The number of carbonyl (C=O) groups is 1. The molecule has 0 radical (unpaired) electrons. The van der Waals surface area contributed by atoms with Crippen LogP contribution in [0.25, 0.3) is 6.08 Å². The standard InChI is InChI=1S/C11H12O3.C10H10O5/c1-2-4-10(5-3-1)6-7-11-8-9-12-14-13-11;11-9(12)10(6-7-13-15-14-10)8-4-2-1-3-5-8/h1-7,11H,8-9H2;1-5H,6-7H2,(H,11,12). The molecule has 2 heterocycles. The van der Waals surface area contributed by atoms with Gasteiger partial charge in [-0.05, 0) is 11.1 Å². The molecule has 4 rings (SSSR count). The molecule has 2 aliphatic heterocycles. The minimum absolute atomic E-state index is 0.0102. The first kappa shape index (κ1) is 21.1. The van der Waals surface area contributed by atoms with Crippen LogP contribution in [-0.4, -0.2) is 30.4 Å². The van der Waals surface area contributed by atoms with Gasteiger partial charge in [0.25, 0.3) is 0 Å². The van der Waals surface area contributed by atoms with E-state index in [1.54, 1.807) is 30.3 Å². The summed E-state index contributed by atoms with van der Waals surface area (Å²) in [4.78, 5) is 30.0. The monoisotopic (exact) mass is 402 g/mol. The predicted molar refractivity (Wildman–Crippen MR) is 100 cm³/mol. The van der Waals surface area contributed by atoms with Crippen LogP contribution in [0.5, 0.6) is 0 Å².